The summed E-state index contributed by atoms with van der Waals surface area (Å²) < 4.78 is 10.7. The van der Waals surface area contributed by atoms with E-state index < -0.39 is 5.97 Å². The van der Waals surface area contributed by atoms with Crippen molar-refractivity contribution in [3.63, 3.8) is 0 Å². The zero-order valence-corrected chi connectivity index (χ0v) is 21.3. The van der Waals surface area contributed by atoms with Gasteiger partial charge in [0.25, 0.3) is 5.91 Å². The first kappa shape index (κ1) is 24.8. The molecule has 1 saturated heterocycles. The normalized spacial score (nSPS) is 13.3. The standard InChI is InChI=1S/C26H27N3O4S2/c1-3-33-25(31)22-21(18-7-5-4-6-8-18)17(2)35-23(22)28-26(34)27-20-11-9-19(10-12-20)24(30)29-13-15-32-16-14-29/h4-12H,3,13-16H2,1-2H3,(H2,27,28,34). The summed E-state index contributed by atoms with van der Waals surface area (Å²) in [6, 6.07) is 16.9. The summed E-state index contributed by atoms with van der Waals surface area (Å²) in [5, 5.41) is 7.26. The van der Waals surface area contributed by atoms with Crippen LogP contribution in [0.3, 0.4) is 0 Å². The molecule has 4 rings (SSSR count). The largest absolute Gasteiger partial charge is 0.462 e. The molecule has 0 aliphatic carbocycles. The molecule has 2 aromatic carbocycles. The average molecular weight is 510 g/mol. The number of aryl methyl sites for hydroxylation is 1. The van der Waals surface area contributed by atoms with Crippen molar-refractivity contribution in [2.24, 2.45) is 0 Å². The molecule has 3 aromatic rings. The second-order valence-electron chi connectivity index (χ2n) is 7.88. The number of rotatable bonds is 6. The van der Waals surface area contributed by atoms with Crippen LogP contribution in [0.5, 0.6) is 0 Å². The zero-order valence-electron chi connectivity index (χ0n) is 19.6. The number of ether oxygens (including phenoxy) is 2. The quantitative estimate of drug-likeness (QED) is 0.350. The molecule has 0 atom stereocenters. The maximum Gasteiger partial charge on any atom is 0.341 e. The number of hydrogen-bond acceptors (Lipinski definition) is 6. The number of nitrogens with one attached hydrogen (secondary N) is 2. The monoisotopic (exact) mass is 509 g/mol. The van der Waals surface area contributed by atoms with Gasteiger partial charge in [0.1, 0.15) is 10.6 Å². The lowest BCUT2D eigenvalue weighted by molar-refractivity contribution is 0.0303. The number of hydrogen-bond donors (Lipinski definition) is 2. The van der Waals surface area contributed by atoms with Crippen LogP contribution < -0.4 is 10.6 Å². The fourth-order valence-corrected chi connectivity index (χ4v) is 5.25. The van der Waals surface area contributed by atoms with E-state index in [1.807, 2.05) is 49.4 Å². The topological polar surface area (TPSA) is 79.9 Å². The molecule has 0 bridgehead atoms. The highest BCUT2D eigenvalue weighted by Crippen LogP contribution is 2.40. The van der Waals surface area contributed by atoms with Gasteiger partial charge in [0.15, 0.2) is 5.11 Å². The summed E-state index contributed by atoms with van der Waals surface area (Å²) in [6.07, 6.45) is 0. The second-order valence-corrected chi connectivity index (χ2v) is 9.52. The van der Waals surface area contributed by atoms with Crippen molar-refractivity contribution in [3.8, 4) is 11.1 Å². The number of carbonyl (C=O) groups is 2. The molecule has 35 heavy (non-hydrogen) atoms. The number of carbonyl (C=O) groups excluding carboxylic acids is 2. The Kier molecular flexibility index (Phi) is 8.12. The van der Waals surface area contributed by atoms with Gasteiger partial charge in [-0.2, -0.15) is 0 Å². The minimum Gasteiger partial charge on any atom is -0.462 e. The van der Waals surface area contributed by atoms with Crippen molar-refractivity contribution in [3.05, 3.63) is 70.6 Å². The van der Waals surface area contributed by atoms with E-state index in [1.54, 1.807) is 24.0 Å². The predicted molar refractivity (Wildman–Crippen MR) is 143 cm³/mol. The smallest absolute Gasteiger partial charge is 0.341 e. The lowest BCUT2D eigenvalue weighted by Gasteiger charge is -2.26. The average Bonchev–Trinajstić information content (AvgIpc) is 3.20. The van der Waals surface area contributed by atoms with Crippen molar-refractivity contribution in [1.82, 2.24) is 4.90 Å². The summed E-state index contributed by atoms with van der Waals surface area (Å²) in [7, 11) is 0. The van der Waals surface area contributed by atoms with Gasteiger partial charge in [-0.1, -0.05) is 30.3 Å². The van der Waals surface area contributed by atoms with Crippen molar-refractivity contribution in [1.29, 1.82) is 0 Å². The Morgan fingerprint density at radius 2 is 1.74 bits per heavy atom. The Morgan fingerprint density at radius 1 is 1.06 bits per heavy atom. The van der Waals surface area contributed by atoms with Gasteiger partial charge in [-0.05, 0) is 55.9 Å². The van der Waals surface area contributed by atoms with Crippen LogP contribution >= 0.6 is 23.6 Å². The number of esters is 1. The number of amides is 1. The molecule has 0 unspecified atom stereocenters. The molecule has 1 fully saturated rings. The van der Waals surface area contributed by atoms with E-state index >= 15 is 0 Å². The fourth-order valence-electron chi connectivity index (χ4n) is 3.89. The first-order valence-corrected chi connectivity index (χ1v) is 12.6. The van der Waals surface area contributed by atoms with Crippen LogP contribution in [0.25, 0.3) is 11.1 Å². The van der Waals surface area contributed by atoms with E-state index in [1.165, 1.54) is 11.3 Å². The summed E-state index contributed by atoms with van der Waals surface area (Å²) in [4.78, 5) is 28.3. The Hall–Kier alpha value is -3.27. The Labute approximate surface area is 214 Å². The fraction of sp³-hybridized carbons (Fsp3) is 0.269. The van der Waals surface area contributed by atoms with Gasteiger partial charge in [-0.3, -0.25) is 4.79 Å². The molecule has 0 radical (unpaired) electrons. The van der Waals surface area contributed by atoms with Crippen LogP contribution in [-0.2, 0) is 9.47 Å². The molecule has 1 aliphatic rings. The highest BCUT2D eigenvalue weighted by Gasteiger charge is 2.25. The Balaban J connectivity index is 1.50. The van der Waals surface area contributed by atoms with Gasteiger partial charge >= 0.3 is 5.97 Å². The molecule has 1 aromatic heterocycles. The molecular weight excluding hydrogens is 482 g/mol. The Bertz CT molecular complexity index is 1200. The molecule has 0 spiro atoms. The highest BCUT2D eigenvalue weighted by atomic mass is 32.1. The number of benzene rings is 2. The highest BCUT2D eigenvalue weighted by molar-refractivity contribution is 7.80. The third-order valence-electron chi connectivity index (χ3n) is 5.54. The number of thiophene rings is 1. The van der Waals surface area contributed by atoms with Gasteiger partial charge in [0, 0.05) is 34.8 Å². The zero-order chi connectivity index (χ0) is 24.8. The summed E-state index contributed by atoms with van der Waals surface area (Å²) in [6.45, 7) is 6.36. The lowest BCUT2D eigenvalue weighted by Crippen LogP contribution is -2.40. The van der Waals surface area contributed by atoms with Crippen LogP contribution in [0, 0.1) is 6.92 Å². The van der Waals surface area contributed by atoms with Crippen LogP contribution in [-0.4, -0.2) is 54.8 Å². The summed E-state index contributed by atoms with van der Waals surface area (Å²) in [5.41, 5.74) is 3.59. The van der Waals surface area contributed by atoms with Crippen LogP contribution in [0.15, 0.2) is 54.6 Å². The Morgan fingerprint density at radius 3 is 2.40 bits per heavy atom. The minimum atomic E-state index is -0.396. The molecule has 2 heterocycles. The van der Waals surface area contributed by atoms with E-state index in [4.69, 9.17) is 21.7 Å². The molecule has 0 saturated carbocycles. The number of nitrogens with zero attached hydrogens (tertiary/aromatic N) is 1. The van der Waals surface area contributed by atoms with Crippen molar-refractivity contribution < 1.29 is 19.1 Å². The van der Waals surface area contributed by atoms with E-state index in [2.05, 4.69) is 10.6 Å². The summed E-state index contributed by atoms with van der Waals surface area (Å²) in [5.74, 6) is -0.408. The SMILES string of the molecule is CCOC(=O)c1c(NC(=S)Nc2ccc(C(=O)N3CCOCC3)cc2)sc(C)c1-c1ccccc1. The van der Waals surface area contributed by atoms with Gasteiger partial charge < -0.3 is 25.0 Å². The predicted octanol–water partition coefficient (Wildman–Crippen LogP) is 5.18. The van der Waals surface area contributed by atoms with Crippen molar-refractivity contribution >= 4 is 51.2 Å². The third-order valence-corrected chi connectivity index (χ3v) is 6.77. The van der Waals surface area contributed by atoms with Crippen LogP contribution in [0.4, 0.5) is 10.7 Å². The lowest BCUT2D eigenvalue weighted by atomic mass is 10.0. The summed E-state index contributed by atoms with van der Waals surface area (Å²) >= 11 is 6.98. The third kappa shape index (κ3) is 5.87. The maximum atomic E-state index is 12.9. The molecule has 1 aliphatic heterocycles. The molecular formula is C26H27N3O4S2. The molecule has 1 amide bonds. The van der Waals surface area contributed by atoms with Crippen LogP contribution in [0.2, 0.25) is 0 Å². The number of morpholine rings is 1. The first-order chi connectivity index (χ1) is 17.0. The molecule has 182 valence electrons. The molecule has 2 N–H and O–H groups in total. The van der Waals surface area contributed by atoms with E-state index in [9.17, 15) is 9.59 Å². The van der Waals surface area contributed by atoms with Gasteiger partial charge in [-0.15, -0.1) is 11.3 Å². The first-order valence-electron chi connectivity index (χ1n) is 11.4. The number of thiocarbonyl (C=S) groups is 1. The van der Waals surface area contributed by atoms with Crippen molar-refractivity contribution in [2.75, 3.05) is 43.5 Å². The second kappa shape index (κ2) is 11.4. The van der Waals surface area contributed by atoms with Crippen molar-refractivity contribution in [2.45, 2.75) is 13.8 Å². The molecule has 7 nitrogen and oxygen atoms in total. The van der Waals surface area contributed by atoms with Gasteiger partial charge in [0.05, 0.1) is 19.8 Å². The number of anilines is 2. The van der Waals surface area contributed by atoms with E-state index in [-0.39, 0.29) is 12.5 Å². The minimum absolute atomic E-state index is 0.0119. The van der Waals surface area contributed by atoms with Gasteiger partial charge in [0.2, 0.25) is 0 Å². The van der Waals surface area contributed by atoms with E-state index in [0.29, 0.717) is 47.5 Å². The van der Waals surface area contributed by atoms with Gasteiger partial charge in [-0.25, -0.2) is 4.79 Å². The maximum absolute atomic E-state index is 12.9. The van der Waals surface area contributed by atoms with E-state index in [0.717, 1.165) is 21.7 Å². The molecule has 9 heteroatoms. The van der Waals surface area contributed by atoms with Crippen LogP contribution in [0.1, 0.15) is 32.5 Å².